The topological polar surface area (TPSA) is 47.9 Å². The number of halogens is 3. The maximum Gasteiger partial charge on any atom is 0.417 e. The van der Waals surface area contributed by atoms with Gasteiger partial charge in [-0.1, -0.05) is 30.3 Å². The van der Waals surface area contributed by atoms with Crippen molar-refractivity contribution in [2.45, 2.75) is 25.6 Å². The Bertz CT molecular complexity index is 837. The molecule has 3 aromatic rings. The van der Waals surface area contributed by atoms with Crippen LogP contribution in [0.15, 0.2) is 60.9 Å². The molecule has 0 saturated heterocycles. The summed E-state index contributed by atoms with van der Waals surface area (Å²) in [6.45, 7) is 0.394. The summed E-state index contributed by atoms with van der Waals surface area (Å²) in [6, 6.07) is 14.3. The van der Waals surface area contributed by atoms with E-state index in [1.165, 1.54) is 6.20 Å². The van der Waals surface area contributed by atoms with Crippen LogP contribution in [-0.4, -0.2) is 15.2 Å². The maximum atomic E-state index is 12.7. The van der Waals surface area contributed by atoms with Gasteiger partial charge in [0.2, 0.25) is 5.88 Å². The fourth-order valence-corrected chi connectivity index (χ4v) is 2.34. The van der Waals surface area contributed by atoms with E-state index in [0.29, 0.717) is 36.6 Å². The Morgan fingerprint density at radius 1 is 0.846 bits per heavy atom. The van der Waals surface area contributed by atoms with Gasteiger partial charge in [-0.15, -0.1) is 5.10 Å². The molecule has 0 unspecified atom stereocenters. The Morgan fingerprint density at radius 3 is 2.35 bits per heavy atom. The van der Waals surface area contributed by atoms with Crippen molar-refractivity contribution >= 4 is 0 Å². The molecule has 0 fully saturated rings. The number of benzene rings is 1. The number of nitrogens with zero attached hydrogens (tertiary/aromatic N) is 3. The number of alkyl halides is 3. The van der Waals surface area contributed by atoms with E-state index in [1.54, 1.807) is 12.1 Å². The molecule has 3 rings (SSSR count). The van der Waals surface area contributed by atoms with E-state index >= 15 is 0 Å². The highest BCUT2D eigenvalue weighted by molar-refractivity contribution is 5.22. The Morgan fingerprint density at radius 2 is 1.65 bits per heavy atom. The van der Waals surface area contributed by atoms with Crippen LogP contribution in [0, 0.1) is 0 Å². The Kier molecular flexibility index (Phi) is 5.46. The molecular formula is C19H16F3N3O. The van der Waals surface area contributed by atoms with Crippen molar-refractivity contribution in [3.05, 3.63) is 83.3 Å². The Balaban J connectivity index is 1.55. The van der Waals surface area contributed by atoms with Gasteiger partial charge >= 0.3 is 6.18 Å². The van der Waals surface area contributed by atoms with E-state index < -0.39 is 11.7 Å². The lowest BCUT2D eigenvalue weighted by Crippen LogP contribution is -2.07. The van der Waals surface area contributed by atoms with Crippen LogP contribution in [0.25, 0.3) is 0 Å². The molecule has 0 aliphatic carbocycles. The monoisotopic (exact) mass is 359 g/mol. The number of rotatable bonds is 6. The zero-order chi connectivity index (χ0) is 18.4. The maximum absolute atomic E-state index is 12.7. The average molecular weight is 359 g/mol. The second-order valence-corrected chi connectivity index (χ2v) is 5.72. The average Bonchev–Trinajstić information content (AvgIpc) is 2.66. The zero-order valence-electron chi connectivity index (χ0n) is 13.8. The molecule has 26 heavy (non-hydrogen) atoms. The first-order valence-electron chi connectivity index (χ1n) is 8.01. The lowest BCUT2D eigenvalue weighted by atomic mass is 10.1. The van der Waals surface area contributed by atoms with Gasteiger partial charge in [0, 0.05) is 18.5 Å². The molecule has 1 aromatic carbocycles. The SMILES string of the molecule is FC(F)(F)c1cncc(CCc2ccc(OCc3ccccc3)nn2)c1. The smallest absolute Gasteiger partial charge is 0.417 e. The fourth-order valence-electron chi connectivity index (χ4n) is 2.34. The molecule has 0 N–H and O–H groups in total. The second-order valence-electron chi connectivity index (χ2n) is 5.72. The highest BCUT2D eigenvalue weighted by Gasteiger charge is 2.30. The standard InChI is InChI=1S/C19H16F3N3O/c20-19(21,22)16-10-15(11-23-12-16)6-7-17-8-9-18(25-24-17)26-13-14-4-2-1-3-5-14/h1-5,8-12H,6-7,13H2. The van der Waals surface area contributed by atoms with Crippen LogP contribution in [0.2, 0.25) is 0 Å². The van der Waals surface area contributed by atoms with Crippen LogP contribution in [0.4, 0.5) is 13.2 Å². The minimum Gasteiger partial charge on any atom is -0.472 e. The lowest BCUT2D eigenvalue weighted by Gasteiger charge is -2.08. The van der Waals surface area contributed by atoms with Crippen molar-refractivity contribution in [1.29, 1.82) is 0 Å². The van der Waals surface area contributed by atoms with Gasteiger partial charge in [-0.3, -0.25) is 4.98 Å². The normalized spacial score (nSPS) is 11.3. The van der Waals surface area contributed by atoms with Gasteiger partial charge in [-0.05, 0) is 36.1 Å². The first kappa shape index (κ1) is 17.8. The fraction of sp³-hybridized carbons (Fsp3) is 0.211. The van der Waals surface area contributed by atoms with Crippen molar-refractivity contribution in [3.63, 3.8) is 0 Å². The van der Waals surface area contributed by atoms with Crippen LogP contribution >= 0.6 is 0 Å². The lowest BCUT2D eigenvalue weighted by molar-refractivity contribution is -0.137. The van der Waals surface area contributed by atoms with Crippen LogP contribution in [0.1, 0.15) is 22.4 Å². The number of hydrogen-bond acceptors (Lipinski definition) is 4. The van der Waals surface area contributed by atoms with Crippen molar-refractivity contribution in [1.82, 2.24) is 15.2 Å². The minimum atomic E-state index is -4.39. The zero-order valence-corrected chi connectivity index (χ0v) is 13.8. The van der Waals surface area contributed by atoms with E-state index in [2.05, 4.69) is 15.2 Å². The molecule has 0 aliphatic heterocycles. The quantitative estimate of drug-likeness (QED) is 0.660. The summed E-state index contributed by atoms with van der Waals surface area (Å²) in [7, 11) is 0. The third-order valence-electron chi connectivity index (χ3n) is 3.72. The molecule has 0 amide bonds. The number of aromatic nitrogens is 3. The molecule has 4 nitrogen and oxygen atoms in total. The summed E-state index contributed by atoms with van der Waals surface area (Å²) < 4.78 is 43.6. The van der Waals surface area contributed by atoms with E-state index in [1.807, 2.05) is 30.3 Å². The summed E-state index contributed by atoms with van der Waals surface area (Å²) in [5.41, 5.74) is 1.46. The molecule has 0 saturated carbocycles. The van der Waals surface area contributed by atoms with Crippen molar-refractivity contribution in [2.24, 2.45) is 0 Å². The molecule has 2 aromatic heterocycles. The van der Waals surface area contributed by atoms with Gasteiger partial charge in [0.25, 0.3) is 0 Å². The highest BCUT2D eigenvalue weighted by atomic mass is 19.4. The van der Waals surface area contributed by atoms with Crippen LogP contribution in [0.5, 0.6) is 5.88 Å². The van der Waals surface area contributed by atoms with Gasteiger partial charge in [0.05, 0.1) is 11.3 Å². The number of hydrogen-bond donors (Lipinski definition) is 0. The number of pyridine rings is 1. The molecule has 2 heterocycles. The molecule has 0 bridgehead atoms. The summed E-state index contributed by atoms with van der Waals surface area (Å²) in [6.07, 6.45) is -1.27. The van der Waals surface area contributed by atoms with Gasteiger partial charge in [0.1, 0.15) is 6.61 Å². The number of aryl methyl sites for hydroxylation is 2. The van der Waals surface area contributed by atoms with Crippen LogP contribution < -0.4 is 4.74 Å². The first-order chi connectivity index (χ1) is 12.5. The third-order valence-corrected chi connectivity index (χ3v) is 3.72. The van der Waals surface area contributed by atoms with Gasteiger partial charge in [0.15, 0.2) is 0 Å². The van der Waals surface area contributed by atoms with Crippen molar-refractivity contribution < 1.29 is 17.9 Å². The molecule has 7 heteroatoms. The molecule has 0 aliphatic rings. The van der Waals surface area contributed by atoms with Gasteiger partial charge < -0.3 is 4.74 Å². The predicted octanol–water partition coefficient (Wildman–Crippen LogP) is 4.25. The summed E-state index contributed by atoms with van der Waals surface area (Å²) in [4.78, 5) is 3.65. The van der Waals surface area contributed by atoms with E-state index in [-0.39, 0.29) is 0 Å². The Hall–Kier alpha value is -2.96. The summed E-state index contributed by atoms with van der Waals surface area (Å²) >= 11 is 0. The highest BCUT2D eigenvalue weighted by Crippen LogP contribution is 2.29. The molecular weight excluding hydrogens is 343 g/mol. The summed E-state index contributed by atoms with van der Waals surface area (Å²) in [5.74, 6) is 0.401. The van der Waals surface area contributed by atoms with Crippen molar-refractivity contribution in [2.75, 3.05) is 0 Å². The van der Waals surface area contributed by atoms with Crippen LogP contribution in [0.3, 0.4) is 0 Å². The number of ether oxygens (including phenoxy) is 1. The van der Waals surface area contributed by atoms with E-state index in [0.717, 1.165) is 17.8 Å². The van der Waals surface area contributed by atoms with E-state index in [9.17, 15) is 13.2 Å². The summed E-state index contributed by atoms with van der Waals surface area (Å²) in [5, 5.41) is 8.05. The van der Waals surface area contributed by atoms with E-state index in [4.69, 9.17) is 4.74 Å². The molecule has 0 radical (unpaired) electrons. The van der Waals surface area contributed by atoms with Crippen molar-refractivity contribution in [3.8, 4) is 5.88 Å². The van der Waals surface area contributed by atoms with Crippen LogP contribution in [-0.2, 0) is 25.6 Å². The largest absolute Gasteiger partial charge is 0.472 e. The Labute approximate surface area is 148 Å². The van der Waals surface area contributed by atoms with Gasteiger partial charge in [-0.2, -0.15) is 18.3 Å². The minimum absolute atomic E-state index is 0.394. The predicted molar refractivity (Wildman–Crippen MR) is 89.5 cm³/mol. The third kappa shape index (κ3) is 5.02. The second kappa shape index (κ2) is 7.95. The molecule has 0 spiro atoms. The molecule has 134 valence electrons. The first-order valence-corrected chi connectivity index (χ1v) is 8.01. The van der Waals surface area contributed by atoms with Gasteiger partial charge in [-0.25, -0.2) is 0 Å². The molecule has 0 atom stereocenters.